The van der Waals surface area contributed by atoms with Crippen LogP contribution in [0.5, 0.6) is 11.5 Å². The fourth-order valence-electron chi connectivity index (χ4n) is 3.47. The second-order valence-corrected chi connectivity index (χ2v) is 6.44. The van der Waals surface area contributed by atoms with Gasteiger partial charge >= 0.3 is 0 Å². The molecular formula is C21H27NO3. The molecular weight excluding hydrogens is 314 g/mol. The topological polar surface area (TPSA) is 50.7 Å². The number of rotatable bonds is 7. The lowest BCUT2D eigenvalue weighted by Crippen LogP contribution is -2.21. The van der Waals surface area contributed by atoms with E-state index in [0.29, 0.717) is 17.5 Å². The third-order valence-electron chi connectivity index (χ3n) is 4.75. The normalized spacial score (nSPS) is 16.8. The molecule has 25 heavy (non-hydrogen) atoms. The number of aliphatic hydroxyl groups is 1. The minimum atomic E-state index is -0.00640. The Balaban J connectivity index is 1.69. The smallest absolute Gasteiger partial charge is 0.161 e. The van der Waals surface area contributed by atoms with Crippen molar-refractivity contribution in [3.8, 4) is 11.5 Å². The number of aliphatic hydroxyl groups excluding tert-OH is 1. The van der Waals surface area contributed by atoms with Gasteiger partial charge in [-0.2, -0.15) is 0 Å². The van der Waals surface area contributed by atoms with Gasteiger partial charge in [0.15, 0.2) is 11.5 Å². The predicted octanol–water partition coefficient (Wildman–Crippen LogP) is 3.62. The highest BCUT2D eigenvalue weighted by atomic mass is 16.5. The van der Waals surface area contributed by atoms with Crippen molar-refractivity contribution in [2.45, 2.75) is 38.3 Å². The van der Waals surface area contributed by atoms with Crippen LogP contribution in [0.15, 0.2) is 42.5 Å². The number of benzene rings is 2. The summed E-state index contributed by atoms with van der Waals surface area (Å²) in [6.45, 7) is 1.05. The Labute approximate surface area is 149 Å². The molecule has 0 spiro atoms. The van der Waals surface area contributed by atoms with Gasteiger partial charge in [-0.05, 0) is 48.1 Å². The molecule has 0 saturated carbocycles. The van der Waals surface area contributed by atoms with Gasteiger partial charge in [-0.25, -0.2) is 0 Å². The molecule has 1 aliphatic rings. The van der Waals surface area contributed by atoms with Crippen LogP contribution >= 0.6 is 0 Å². The summed E-state index contributed by atoms with van der Waals surface area (Å²) in [5.74, 6) is 1.37. The summed E-state index contributed by atoms with van der Waals surface area (Å²) in [6, 6.07) is 15.1. The zero-order valence-electron chi connectivity index (χ0n) is 14.8. The van der Waals surface area contributed by atoms with Crippen molar-refractivity contribution in [2.75, 3.05) is 20.3 Å². The van der Waals surface area contributed by atoms with Gasteiger partial charge < -0.3 is 19.9 Å². The predicted molar refractivity (Wildman–Crippen MR) is 99.2 cm³/mol. The monoisotopic (exact) mass is 341 g/mol. The van der Waals surface area contributed by atoms with Crippen LogP contribution in [-0.2, 0) is 13.0 Å². The van der Waals surface area contributed by atoms with E-state index in [9.17, 15) is 0 Å². The molecule has 0 bridgehead atoms. The van der Waals surface area contributed by atoms with Crippen molar-refractivity contribution >= 4 is 0 Å². The third-order valence-corrected chi connectivity index (χ3v) is 4.75. The first-order valence-electron chi connectivity index (χ1n) is 9.03. The molecule has 2 aromatic rings. The largest absolute Gasteiger partial charge is 0.493 e. The van der Waals surface area contributed by atoms with Crippen molar-refractivity contribution in [1.82, 2.24) is 5.32 Å². The standard InChI is InChI=1S/C21H27NO3/c1-24-21-14-16(10-11-20(21)25-13-12-23)15-22-19-9-5-3-7-17-6-2-4-8-18(17)19/h2,4,6,8,10-11,14,19,22-23H,3,5,7,9,12-13,15H2,1H3. The molecule has 4 heteroatoms. The third kappa shape index (κ3) is 4.53. The lowest BCUT2D eigenvalue weighted by atomic mass is 9.99. The van der Waals surface area contributed by atoms with E-state index in [-0.39, 0.29) is 13.2 Å². The molecule has 0 amide bonds. The highest BCUT2D eigenvalue weighted by molar-refractivity contribution is 5.43. The van der Waals surface area contributed by atoms with Crippen LogP contribution in [0.1, 0.15) is 42.0 Å². The van der Waals surface area contributed by atoms with Crippen LogP contribution < -0.4 is 14.8 Å². The summed E-state index contributed by atoms with van der Waals surface area (Å²) < 4.78 is 10.9. The Morgan fingerprint density at radius 2 is 2.00 bits per heavy atom. The van der Waals surface area contributed by atoms with Crippen molar-refractivity contribution < 1.29 is 14.6 Å². The van der Waals surface area contributed by atoms with Crippen LogP contribution in [-0.4, -0.2) is 25.4 Å². The summed E-state index contributed by atoms with van der Waals surface area (Å²) in [4.78, 5) is 0. The number of nitrogens with one attached hydrogen (secondary N) is 1. The van der Waals surface area contributed by atoms with E-state index in [2.05, 4.69) is 29.6 Å². The number of ether oxygens (including phenoxy) is 2. The van der Waals surface area contributed by atoms with Gasteiger partial charge in [0, 0.05) is 12.6 Å². The van der Waals surface area contributed by atoms with Crippen LogP contribution in [0, 0.1) is 0 Å². The summed E-state index contributed by atoms with van der Waals surface area (Å²) in [5, 5.41) is 12.6. The lowest BCUT2D eigenvalue weighted by Gasteiger charge is -2.20. The number of hydrogen-bond acceptors (Lipinski definition) is 4. The van der Waals surface area contributed by atoms with Crippen molar-refractivity contribution in [3.63, 3.8) is 0 Å². The maximum atomic E-state index is 8.90. The fraction of sp³-hybridized carbons (Fsp3) is 0.429. The summed E-state index contributed by atoms with van der Waals surface area (Å²) in [6.07, 6.45) is 4.87. The molecule has 0 heterocycles. The zero-order chi connectivity index (χ0) is 17.5. The summed E-state index contributed by atoms with van der Waals surface area (Å²) in [7, 11) is 1.64. The Hall–Kier alpha value is -2.04. The molecule has 0 aliphatic heterocycles. The van der Waals surface area contributed by atoms with Gasteiger partial charge in [0.05, 0.1) is 13.7 Å². The molecule has 1 atom stereocenters. The van der Waals surface area contributed by atoms with Crippen LogP contribution in [0.4, 0.5) is 0 Å². The van der Waals surface area contributed by atoms with Crippen LogP contribution in [0.25, 0.3) is 0 Å². The lowest BCUT2D eigenvalue weighted by molar-refractivity contribution is 0.196. The van der Waals surface area contributed by atoms with Gasteiger partial charge in [-0.15, -0.1) is 0 Å². The zero-order valence-corrected chi connectivity index (χ0v) is 14.8. The Morgan fingerprint density at radius 1 is 1.12 bits per heavy atom. The first-order valence-corrected chi connectivity index (χ1v) is 9.03. The van der Waals surface area contributed by atoms with E-state index in [1.54, 1.807) is 7.11 Å². The van der Waals surface area contributed by atoms with Gasteiger partial charge in [-0.3, -0.25) is 0 Å². The van der Waals surface area contributed by atoms with E-state index < -0.39 is 0 Å². The highest BCUT2D eigenvalue weighted by Gasteiger charge is 2.18. The van der Waals surface area contributed by atoms with Crippen LogP contribution in [0.2, 0.25) is 0 Å². The maximum absolute atomic E-state index is 8.90. The van der Waals surface area contributed by atoms with Gasteiger partial charge in [0.2, 0.25) is 0 Å². The quantitative estimate of drug-likeness (QED) is 0.755. The molecule has 2 aromatic carbocycles. The van der Waals surface area contributed by atoms with Crippen LogP contribution in [0.3, 0.4) is 0 Å². The molecule has 0 saturated heterocycles. The number of aryl methyl sites for hydroxylation is 1. The average Bonchev–Trinajstić information content (AvgIpc) is 2.87. The fourth-order valence-corrected chi connectivity index (χ4v) is 3.47. The Bertz CT molecular complexity index is 687. The minimum absolute atomic E-state index is 0.00640. The van der Waals surface area contributed by atoms with E-state index in [4.69, 9.17) is 14.6 Å². The molecule has 4 nitrogen and oxygen atoms in total. The molecule has 0 radical (unpaired) electrons. The second-order valence-electron chi connectivity index (χ2n) is 6.44. The first-order chi connectivity index (χ1) is 12.3. The van der Waals surface area contributed by atoms with E-state index >= 15 is 0 Å². The van der Waals surface area contributed by atoms with Gasteiger partial charge in [-0.1, -0.05) is 36.8 Å². The second kappa shape index (κ2) is 8.88. The molecule has 3 rings (SSSR count). The van der Waals surface area contributed by atoms with E-state index in [1.807, 2.05) is 18.2 Å². The van der Waals surface area contributed by atoms with Crippen molar-refractivity contribution in [3.05, 3.63) is 59.2 Å². The van der Waals surface area contributed by atoms with Crippen molar-refractivity contribution in [1.29, 1.82) is 0 Å². The molecule has 1 aliphatic carbocycles. The number of methoxy groups -OCH3 is 1. The summed E-state index contributed by atoms with van der Waals surface area (Å²) >= 11 is 0. The van der Waals surface area contributed by atoms with Crippen molar-refractivity contribution in [2.24, 2.45) is 0 Å². The van der Waals surface area contributed by atoms with E-state index in [0.717, 1.165) is 12.1 Å². The molecule has 1 unspecified atom stereocenters. The number of fused-ring (bicyclic) bond motifs is 1. The Morgan fingerprint density at radius 3 is 2.84 bits per heavy atom. The molecule has 0 fully saturated rings. The van der Waals surface area contributed by atoms with Gasteiger partial charge in [0.1, 0.15) is 6.61 Å². The highest BCUT2D eigenvalue weighted by Crippen LogP contribution is 2.30. The average molecular weight is 341 g/mol. The molecule has 2 N–H and O–H groups in total. The maximum Gasteiger partial charge on any atom is 0.161 e. The minimum Gasteiger partial charge on any atom is -0.493 e. The van der Waals surface area contributed by atoms with Gasteiger partial charge in [0.25, 0.3) is 0 Å². The Kier molecular flexibility index (Phi) is 6.31. The molecule has 0 aromatic heterocycles. The summed E-state index contributed by atoms with van der Waals surface area (Å²) in [5.41, 5.74) is 4.08. The van der Waals surface area contributed by atoms with E-state index in [1.165, 1.54) is 36.8 Å². The SMILES string of the molecule is COc1cc(CNC2CCCCc3ccccc32)ccc1OCCO. The first kappa shape index (κ1) is 17.8. The number of hydrogen-bond donors (Lipinski definition) is 2. The molecule has 134 valence electrons.